The van der Waals surface area contributed by atoms with Gasteiger partial charge in [-0.05, 0) is 24.3 Å². The van der Waals surface area contributed by atoms with E-state index in [0.29, 0.717) is 17.9 Å². The molecule has 2 heterocycles. The number of ether oxygens (including phenoxy) is 3. The molecule has 0 saturated carbocycles. The summed E-state index contributed by atoms with van der Waals surface area (Å²) in [5, 5.41) is 5.29. The van der Waals surface area contributed by atoms with Crippen LogP contribution in [0, 0.1) is 5.82 Å². The van der Waals surface area contributed by atoms with Crippen LogP contribution >= 0.6 is 0 Å². The molecule has 0 N–H and O–H groups in total. The Morgan fingerprint density at radius 1 is 1.07 bits per heavy atom. The fourth-order valence-electron chi connectivity index (χ4n) is 3.19. The number of carbonyl (C=O) groups is 1. The van der Waals surface area contributed by atoms with Gasteiger partial charge in [-0.15, -0.1) is 5.10 Å². The first-order valence-electron chi connectivity index (χ1n) is 9.53. The molecule has 0 aliphatic carbocycles. The molecule has 2 aromatic carbocycles. The summed E-state index contributed by atoms with van der Waals surface area (Å²) < 4.78 is 31.0. The summed E-state index contributed by atoms with van der Waals surface area (Å²) in [4.78, 5) is 14.5. The van der Waals surface area contributed by atoms with Crippen LogP contribution < -0.4 is 9.75 Å². The molecule has 2 aromatic rings. The molecule has 0 unspecified atom stereocenters. The number of rotatable bonds is 6. The number of nitrogens with zero attached hydrogens (tertiary/aromatic N) is 3. The Morgan fingerprint density at radius 2 is 1.83 bits per heavy atom. The van der Waals surface area contributed by atoms with Crippen LogP contribution in [0.4, 0.5) is 10.1 Å². The highest BCUT2D eigenvalue weighted by Gasteiger charge is 2.27. The van der Waals surface area contributed by atoms with Crippen LogP contribution in [0.2, 0.25) is 0 Å². The third-order valence-electron chi connectivity index (χ3n) is 4.73. The van der Waals surface area contributed by atoms with Crippen LogP contribution in [0.25, 0.3) is 0 Å². The van der Waals surface area contributed by atoms with Crippen molar-refractivity contribution in [2.75, 3.05) is 51.1 Å². The molecule has 0 spiro atoms. The van der Waals surface area contributed by atoms with Crippen LogP contribution in [-0.4, -0.2) is 62.8 Å². The third-order valence-corrected chi connectivity index (χ3v) is 4.73. The molecule has 0 bridgehead atoms. The van der Waals surface area contributed by atoms with Crippen molar-refractivity contribution < 1.29 is 23.4 Å². The normalized spacial score (nSPS) is 17.6. The predicted molar refractivity (Wildman–Crippen MR) is 106 cm³/mol. The van der Waals surface area contributed by atoms with Gasteiger partial charge in [0, 0.05) is 19.6 Å². The molecular weight excluding hydrogens is 377 g/mol. The first-order chi connectivity index (χ1) is 14.2. The lowest BCUT2D eigenvalue weighted by atomic mass is 10.2. The van der Waals surface area contributed by atoms with E-state index in [1.165, 1.54) is 12.1 Å². The van der Waals surface area contributed by atoms with Gasteiger partial charge in [0.1, 0.15) is 23.9 Å². The highest BCUT2D eigenvalue weighted by atomic mass is 19.1. The van der Waals surface area contributed by atoms with E-state index in [2.05, 4.69) is 10.0 Å². The van der Waals surface area contributed by atoms with E-state index in [1.807, 2.05) is 18.2 Å². The molecule has 0 aromatic heterocycles. The fraction of sp³-hybridized carbons (Fsp3) is 0.333. The molecule has 2 aliphatic rings. The van der Waals surface area contributed by atoms with Crippen molar-refractivity contribution in [2.45, 2.75) is 0 Å². The summed E-state index contributed by atoms with van der Waals surface area (Å²) in [5.41, 5.74) is 0.701. The van der Waals surface area contributed by atoms with E-state index in [1.54, 1.807) is 18.2 Å². The summed E-state index contributed by atoms with van der Waals surface area (Å²) >= 11 is 0. The molecule has 1 fully saturated rings. The van der Waals surface area contributed by atoms with Crippen LogP contribution in [0.5, 0.6) is 5.75 Å². The topological polar surface area (TPSA) is 63.6 Å². The Bertz CT molecular complexity index is 899. The number of hydrogen-bond donors (Lipinski definition) is 0. The maximum Gasteiger partial charge on any atom is 0.285 e. The Labute approximate surface area is 168 Å². The summed E-state index contributed by atoms with van der Waals surface area (Å²) in [5.74, 6) is -0.150. The van der Waals surface area contributed by atoms with Gasteiger partial charge in [0.2, 0.25) is 5.90 Å². The van der Waals surface area contributed by atoms with Crippen LogP contribution in [0.3, 0.4) is 0 Å². The standard InChI is InChI=1S/C21H22FN3O4/c22-17-6-2-3-7-18(17)25-20(26)15-29-21(23-25)16-5-1-4-8-19(16)28-14-11-24-9-12-27-13-10-24/h1-8H,9-15H2. The first-order valence-corrected chi connectivity index (χ1v) is 9.53. The lowest BCUT2D eigenvalue weighted by Gasteiger charge is -2.27. The van der Waals surface area contributed by atoms with Gasteiger partial charge in [-0.2, -0.15) is 5.01 Å². The maximum atomic E-state index is 14.2. The second-order valence-corrected chi connectivity index (χ2v) is 6.65. The fourth-order valence-corrected chi connectivity index (χ4v) is 3.19. The molecule has 1 amide bonds. The van der Waals surface area contributed by atoms with Crippen molar-refractivity contribution in [1.82, 2.24) is 4.90 Å². The molecule has 0 atom stereocenters. The molecule has 29 heavy (non-hydrogen) atoms. The molecular formula is C21H22FN3O4. The summed E-state index contributed by atoms with van der Waals surface area (Å²) in [7, 11) is 0. The molecule has 1 saturated heterocycles. The Morgan fingerprint density at radius 3 is 2.66 bits per heavy atom. The third kappa shape index (κ3) is 4.55. The SMILES string of the molecule is O=C1COC(c2ccccc2OCCN2CCOCC2)=NN1c1ccccc1F. The van der Waals surface area contributed by atoms with Gasteiger partial charge in [-0.25, -0.2) is 4.39 Å². The monoisotopic (exact) mass is 399 g/mol. The van der Waals surface area contributed by atoms with Crippen molar-refractivity contribution >= 4 is 17.5 Å². The lowest BCUT2D eigenvalue weighted by Crippen LogP contribution is -2.39. The number of carbonyl (C=O) groups excluding carboxylic acids is 1. The van der Waals surface area contributed by atoms with Crippen molar-refractivity contribution in [3.8, 4) is 5.75 Å². The largest absolute Gasteiger partial charge is 0.491 e. The zero-order valence-corrected chi connectivity index (χ0v) is 15.9. The second kappa shape index (κ2) is 9.02. The minimum atomic E-state index is -0.527. The Kier molecular flexibility index (Phi) is 6.02. The van der Waals surface area contributed by atoms with Gasteiger partial charge in [-0.3, -0.25) is 9.69 Å². The number of amides is 1. The summed E-state index contributed by atoms with van der Waals surface area (Å²) in [6.07, 6.45) is 0. The van der Waals surface area contributed by atoms with Gasteiger partial charge in [0.15, 0.2) is 6.61 Å². The molecule has 8 heteroatoms. The van der Waals surface area contributed by atoms with E-state index in [4.69, 9.17) is 14.2 Å². The average molecular weight is 399 g/mol. The van der Waals surface area contributed by atoms with Crippen LogP contribution in [-0.2, 0) is 14.3 Å². The quantitative estimate of drug-likeness (QED) is 0.746. The highest BCUT2D eigenvalue weighted by molar-refractivity contribution is 6.05. The Hall–Kier alpha value is -2.97. The summed E-state index contributed by atoms with van der Waals surface area (Å²) in [6.45, 7) is 4.31. The van der Waals surface area contributed by atoms with Crippen LogP contribution in [0.15, 0.2) is 53.6 Å². The van der Waals surface area contributed by atoms with Gasteiger partial charge in [-0.1, -0.05) is 24.3 Å². The summed E-state index contributed by atoms with van der Waals surface area (Å²) in [6, 6.07) is 13.3. The predicted octanol–water partition coefficient (Wildman–Crippen LogP) is 2.26. The number of anilines is 1. The van der Waals surface area contributed by atoms with Crippen molar-refractivity contribution in [3.63, 3.8) is 0 Å². The van der Waals surface area contributed by atoms with Crippen LogP contribution in [0.1, 0.15) is 5.56 Å². The zero-order chi connectivity index (χ0) is 20.1. The van der Waals surface area contributed by atoms with E-state index >= 15 is 0 Å². The van der Waals surface area contributed by atoms with Crippen molar-refractivity contribution in [2.24, 2.45) is 5.10 Å². The Balaban J connectivity index is 1.52. The first kappa shape index (κ1) is 19.4. The smallest absolute Gasteiger partial charge is 0.285 e. The van der Waals surface area contributed by atoms with Gasteiger partial charge in [0.25, 0.3) is 5.91 Å². The molecule has 152 valence electrons. The van der Waals surface area contributed by atoms with Crippen molar-refractivity contribution in [1.29, 1.82) is 0 Å². The number of halogens is 1. The van der Waals surface area contributed by atoms with E-state index < -0.39 is 11.7 Å². The van der Waals surface area contributed by atoms with E-state index in [0.717, 1.165) is 37.9 Å². The molecule has 0 radical (unpaired) electrons. The minimum Gasteiger partial charge on any atom is -0.491 e. The number of hydrogen-bond acceptors (Lipinski definition) is 6. The number of morpholine rings is 1. The number of hydrazone groups is 1. The van der Waals surface area contributed by atoms with Crippen molar-refractivity contribution in [3.05, 3.63) is 59.9 Å². The lowest BCUT2D eigenvalue weighted by molar-refractivity contribution is -0.121. The maximum absolute atomic E-state index is 14.2. The number of para-hydroxylation sites is 2. The highest BCUT2D eigenvalue weighted by Crippen LogP contribution is 2.25. The van der Waals surface area contributed by atoms with E-state index in [9.17, 15) is 9.18 Å². The minimum absolute atomic E-state index is 0.0871. The average Bonchev–Trinajstić information content (AvgIpc) is 2.76. The van der Waals surface area contributed by atoms with Gasteiger partial charge < -0.3 is 14.2 Å². The molecule has 7 nitrogen and oxygen atoms in total. The molecule has 4 rings (SSSR count). The van der Waals surface area contributed by atoms with Gasteiger partial charge in [0.05, 0.1) is 18.8 Å². The van der Waals surface area contributed by atoms with E-state index in [-0.39, 0.29) is 18.2 Å². The molecule has 2 aliphatic heterocycles. The zero-order valence-electron chi connectivity index (χ0n) is 15.9. The number of benzene rings is 2. The second-order valence-electron chi connectivity index (χ2n) is 6.65. The van der Waals surface area contributed by atoms with Gasteiger partial charge >= 0.3 is 0 Å².